The molecule has 1 aromatic heterocycles. The highest BCUT2D eigenvalue weighted by Crippen LogP contribution is 2.37. The molecule has 2 rings (SSSR count). The van der Waals surface area contributed by atoms with Crippen LogP contribution in [0.3, 0.4) is 0 Å². The van der Waals surface area contributed by atoms with Gasteiger partial charge in [0.15, 0.2) is 0 Å². The van der Waals surface area contributed by atoms with Gasteiger partial charge in [-0.3, -0.25) is 0 Å². The summed E-state index contributed by atoms with van der Waals surface area (Å²) in [5, 5.41) is 13.3. The predicted molar refractivity (Wildman–Crippen MR) is 61.5 cm³/mol. The van der Waals surface area contributed by atoms with Crippen LogP contribution in [0.1, 0.15) is 57.7 Å². The Bertz CT molecular complexity index is 374. The van der Waals surface area contributed by atoms with E-state index < -0.39 is 5.60 Å². The van der Waals surface area contributed by atoms with Gasteiger partial charge in [0.05, 0.1) is 6.10 Å². The Morgan fingerprint density at radius 3 is 2.71 bits per heavy atom. The number of rotatable bonds is 5. The molecule has 0 saturated heterocycles. The predicted octanol–water partition coefficient (Wildman–Crippen LogP) is 1.97. The molecule has 1 aliphatic carbocycles. The first-order chi connectivity index (χ1) is 8.09. The van der Waals surface area contributed by atoms with Crippen LogP contribution in [0.15, 0.2) is 4.52 Å². The molecule has 1 aliphatic rings. The van der Waals surface area contributed by atoms with Gasteiger partial charge in [0.25, 0.3) is 0 Å². The average Bonchev–Trinajstić information content (AvgIpc) is 2.74. The number of aliphatic hydroxyl groups is 1. The molecule has 0 bridgehead atoms. The Balaban J connectivity index is 2.11. The lowest BCUT2D eigenvalue weighted by Gasteiger charge is -2.28. The van der Waals surface area contributed by atoms with Gasteiger partial charge >= 0.3 is 0 Å². The molecule has 0 aliphatic heterocycles. The van der Waals surface area contributed by atoms with Gasteiger partial charge in [0.1, 0.15) is 5.60 Å². The topological polar surface area (TPSA) is 68.4 Å². The Kier molecular flexibility index (Phi) is 3.49. The number of hydrogen-bond acceptors (Lipinski definition) is 5. The Morgan fingerprint density at radius 1 is 1.47 bits per heavy atom. The molecular formula is C12H20N2O3. The molecule has 1 saturated carbocycles. The van der Waals surface area contributed by atoms with E-state index in [0.29, 0.717) is 18.3 Å². The summed E-state index contributed by atoms with van der Waals surface area (Å²) in [6, 6.07) is 0. The summed E-state index contributed by atoms with van der Waals surface area (Å²) in [5.74, 6) is 1.46. The standard InChI is InChI=1S/C12H20N2O3/c1-4-12(3,16-5-2)11-13-10(17-14-11)8-6-9(15)7-8/h8-9,15H,4-7H2,1-3H3. The molecule has 1 heterocycles. The maximum absolute atomic E-state index is 9.26. The molecule has 96 valence electrons. The highest BCUT2D eigenvalue weighted by molar-refractivity contribution is 5.05. The van der Waals surface area contributed by atoms with Crippen molar-refractivity contribution in [3.05, 3.63) is 11.7 Å². The van der Waals surface area contributed by atoms with Crippen molar-refractivity contribution >= 4 is 0 Å². The van der Waals surface area contributed by atoms with Crippen molar-refractivity contribution in [2.24, 2.45) is 0 Å². The van der Waals surface area contributed by atoms with Crippen LogP contribution in [0.5, 0.6) is 0 Å². The zero-order valence-corrected chi connectivity index (χ0v) is 10.6. The van der Waals surface area contributed by atoms with Crippen LogP contribution >= 0.6 is 0 Å². The molecule has 1 atom stereocenters. The summed E-state index contributed by atoms with van der Waals surface area (Å²) < 4.78 is 11.0. The molecule has 1 N–H and O–H groups in total. The third-order valence-corrected chi connectivity index (χ3v) is 3.51. The van der Waals surface area contributed by atoms with Gasteiger partial charge in [-0.15, -0.1) is 0 Å². The average molecular weight is 240 g/mol. The van der Waals surface area contributed by atoms with Gasteiger partial charge in [-0.05, 0) is 33.1 Å². The van der Waals surface area contributed by atoms with Gasteiger partial charge in [0.2, 0.25) is 11.7 Å². The minimum atomic E-state index is -0.473. The summed E-state index contributed by atoms with van der Waals surface area (Å²) in [6.07, 6.45) is 2.03. The van der Waals surface area contributed by atoms with Crippen molar-refractivity contribution in [3.63, 3.8) is 0 Å². The van der Waals surface area contributed by atoms with Crippen LogP contribution < -0.4 is 0 Å². The lowest BCUT2D eigenvalue weighted by atomic mass is 9.82. The first-order valence-corrected chi connectivity index (χ1v) is 6.25. The number of aliphatic hydroxyl groups excluding tert-OH is 1. The van der Waals surface area contributed by atoms with Crippen LogP contribution in [-0.4, -0.2) is 28.0 Å². The fraction of sp³-hybridized carbons (Fsp3) is 0.833. The van der Waals surface area contributed by atoms with Crippen molar-refractivity contribution in [2.45, 2.75) is 57.7 Å². The number of nitrogens with zero attached hydrogens (tertiary/aromatic N) is 2. The number of ether oxygens (including phenoxy) is 1. The molecule has 1 aromatic rings. The molecule has 5 heteroatoms. The molecule has 0 aromatic carbocycles. The van der Waals surface area contributed by atoms with Crippen molar-refractivity contribution in [3.8, 4) is 0 Å². The van der Waals surface area contributed by atoms with Crippen LogP contribution in [0.25, 0.3) is 0 Å². The fourth-order valence-electron chi connectivity index (χ4n) is 2.05. The van der Waals surface area contributed by atoms with Crippen LogP contribution in [0.4, 0.5) is 0 Å². The Labute approximate surface area is 101 Å². The van der Waals surface area contributed by atoms with E-state index in [2.05, 4.69) is 10.1 Å². The molecule has 17 heavy (non-hydrogen) atoms. The summed E-state index contributed by atoms with van der Waals surface area (Å²) in [6.45, 7) is 6.59. The smallest absolute Gasteiger partial charge is 0.230 e. The van der Waals surface area contributed by atoms with Crippen molar-refractivity contribution in [1.82, 2.24) is 10.1 Å². The molecule has 0 amide bonds. The maximum Gasteiger partial charge on any atom is 0.230 e. The highest BCUT2D eigenvalue weighted by Gasteiger charge is 2.36. The van der Waals surface area contributed by atoms with E-state index >= 15 is 0 Å². The SMILES string of the molecule is CCOC(C)(CC)c1noc(C2CC(O)C2)n1. The molecule has 1 fully saturated rings. The number of aromatic nitrogens is 2. The zero-order valence-electron chi connectivity index (χ0n) is 10.6. The van der Waals surface area contributed by atoms with Crippen LogP contribution in [0, 0.1) is 0 Å². The third-order valence-electron chi connectivity index (χ3n) is 3.51. The quantitative estimate of drug-likeness (QED) is 0.852. The summed E-state index contributed by atoms with van der Waals surface area (Å²) in [4.78, 5) is 4.41. The summed E-state index contributed by atoms with van der Waals surface area (Å²) in [7, 11) is 0. The molecule has 5 nitrogen and oxygen atoms in total. The monoisotopic (exact) mass is 240 g/mol. The van der Waals surface area contributed by atoms with Crippen molar-refractivity contribution in [2.75, 3.05) is 6.61 Å². The molecule has 1 unspecified atom stereocenters. The minimum absolute atomic E-state index is 0.209. The van der Waals surface area contributed by atoms with Gasteiger partial charge in [0, 0.05) is 12.5 Å². The van der Waals surface area contributed by atoms with E-state index in [1.807, 2.05) is 20.8 Å². The van der Waals surface area contributed by atoms with Gasteiger partial charge in [-0.25, -0.2) is 0 Å². The van der Waals surface area contributed by atoms with Crippen LogP contribution in [0.2, 0.25) is 0 Å². The fourth-order valence-corrected chi connectivity index (χ4v) is 2.05. The van der Waals surface area contributed by atoms with E-state index in [0.717, 1.165) is 19.3 Å². The molecule has 0 radical (unpaired) electrons. The second-order valence-electron chi connectivity index (χ2n) is 4.80. The van der Waals surface area contributed by atoms with E-state index in [9.17, 15) is 5.11 Å². The van der Waals surface area contributed by atoms with Gasteiger partial charge in [-0.1, -0.05) is 12.1 Å². The van der Waals surface area contributed by atoms with Crippen molar-refractivity contribution in [1.29, 1.82) is 0 Å². The minimum Gasteiger partial charge on any atom is -0.393 e. The second kappa shape index (κ2) is 4.74. The lowest BCUT2D eigenvalue weighted by molar-refractivity contribution is -0.0403. The first-order valence-electron chi connectivity index (χ1n) is 6.25. The van der Waals surface area contributed by atoms with Crippen LogP contribution in [-0.2, 0) is 10.3 Å². The maximum atomic E-state index is 9.26. The van der Waals surface area contributed by atoms with Gasteiger partial charge in [-0.2, -0.15) is 4.98 Å². The third kappa shape index (κ3) is 2.35. The highest BCUT2D eigenvalue weighted by atomic mass is 16.5. The zero-order chi connectivity index (χ0) is 12.5. The Morgan fingerprint density at radius 2 is 2.18 bits per heavy atom. The first kappa shape index (κ1) is 12.5. The largest absolute Gasteiger partial charge is 0.393 e. The van der Waals surface area contributed by atoms with E-state index in [1.165, 1.54) is 0 Å². The lowest BCUT2D eigenvalue weighted by Crippen LogP contribution is -2.28. The number of hydrogen-bond donors (Lipinski definition) is 1. The second-order valence-corrected chi connectivity index (χ2v) is 4.80. The normalized spacial score (nSPS) is 27.5. The Hall–Kier alpha value is -0.940. The van der Waals surface area contributed by atoms with Gasteiger partial charge < -0.3 is 14.4 Å². The summed E-state index contributed by atoms with van der Waals surface area (Å²) >= 11 is 0. The van der Waals surface area contributed by atoms with E-state index in [1.54, 1.807) is 0 Å². The van der Waals surface area contributed by atoms with Crippen molar-refractivity contribution < 1.29 is 14.4 Å². The molecule has 0 spiro atoms. The van der Waals surface area contributed by atoms with E-state index in [-0.39, 0.29) is 12.0 Å². The molecular weight excluding hydrogens is 220 g/mol. The van der Waals surface area contributed by atoms with E-state index in [4.69, 9.17) is 9.26 Å². The summed E-state index contributed by atoms with van der Waals surface area (Å²) in [5.41, 5.74) is -0.473.